The van der Waals surface area contributed by atoms with Gasteiger partial charge in [-0.05, 0) is 56.7 Å². The molecular weight excluding hydrogens is 486 g/mol. The van der Waals surface area contributed by atoms with Crippen LogP contribution in [-0.4, -0.2) is 33.7 Å². The molecule has 3 N–H and O–H groups in total. The summed E-state index contributed by atoms with van der Waals surface area (Å²) in [4.78, 5) is 46.5. The number of carbonyl (C=O) groups is 4. The second-order valence-corrected chi connectivity index (χ2v) is 8.63. The molecule has 0 atom stereocenters. The first-order valence-corrected chi connectivity index (χ1v) is 11.7. The third-order valence-corrected chi connectivity index (χ3v) is 5.42. The first-order valence-electron chi connectivity index (χ1n) is 11.7. The average Bonchev–Trinajstić information content (AvgIpc) is 2.88. The Hall–Kier alpha value is -4.98. The highest BCUT2D eigenvalue weighted by Crippen LogP contribution is 2.29. The molecule has 3 aromatic carbocycles. The number of hydrogen-bond donors (Lipinski definition) is 3. The molecule has 3 aromatic rings. The molecule has 38 heavy (non-hydrogen) atoms. The molecule has 0 saturated heterocycles. The summed E-state index contributed by atoms with van der Waals surface area (Å²) in [5, 5.41) is 22.3. The number of fused-ring (bicyclic) bond motifs is 1. The van der Waals surface area contributed by atoms with E-state index < -0.39 is 17.5 Å². The molecule has 0 radical (unpaired) electrons. The van der Waals surface area contributed by atoms with Crippen molar-refractivity contribution in [1.29, 1.82) is 0 Å². The first kappa shape index (κ1) is 27.6. The number of allylic oxidation sites excluding steroid dienone is 3. The highest BCUT2D eigenvalue weighted by molar-refractivity contribution is 6.52. The fourth-order valence-electron chi connectivity index (χ4n) is 3.53. The van der Waals surface area contributed by atoms with Gasteiger partial charge in [-0.15, -0.1) is 0 Å². The van der Waals surface area contributed by atoms with E-state index in [9.17, 15) is 29.4 Å². The van der Waals surface area contributed by atoms with Crippen molar-refractivity contribution in [3.63, 3.8) is 0 Å². The van der Waals surface area contributed by atoms with Crippen LogP contribution < -0.4 is 10.1 Å². The van der Waals surface area contributed by atoms with Gasteiger partial charge in [-0.2, -0.15) is 0 Å². The Labute approximate surface area is 219 Å². The van der Waals surface area contributed by atoms with E-state index in [2.05, 4.69) is 5.32 Å². The van der Waals surface area contributed by atoms with Crippen LogP contribution >= 0.6 is 0 Å². The largest absolute Gasteiger partial charge is 0.507 e. The van der Waals surface area contributed by atoms with Gasteiger partial charge in [-0.25, -0.2) is 4.79 Å². The lowest BCUT2D eigenvalue weighted by atomic mass is 9.87. The minimum atomic E-state index is -0.643. The average molecular weight is 514 g/mol. The predicted octanol–water partition coefficient (Wildman–Crippen LogP) is 5.65. The van der Waals surface area contributed by atoms with E-state index in [-0.39, 0.29) is 40.5 Å². The molecule has 0 aromatic heterocycles. The lowest BCUT2D eigenvalue weighted by molar-refractivity contribution is -0.114. The highest BCUT2D eigenvalue weighted by atomic mass is 16.5. The summed E-state index contributed by atoms with van der Waals surface area (Å²) >= 11 is 0. The van der Waals surface area contributed by atoms with E-state index in [0.717, 1.165) is 5.57 Å². The summed E-state index contributed by atoms with van der Waals surface area (Å²) in [6.45, 7) is 5.22. The monoisotopic (exact) mass is 513 g/mol. The number of phenols is 1. The molecule has 194 valence electrons. The Morgan fingerprint density at radius 3 is 2.03 bits per heavy atom. The number of para-hydroxylation sites is 1. The van der Waals surface area contributed by atoms with Crippen LogP contribution in [0.3, 0.4) is 0 Å². The zero-order chi connectivity index (χ0) is 27.8. The molecule has 0 aliphatic heterocycles. The number of aliphatic hydroxyl groups excluding tert-OH is 1. The van der Waals surface area contributed by atoms with Gasteiger partial charge in [0.15, 0.2) is 0 Å². The van der Waals surface area contributed by atoms with Crippen molar-refractivity contribution in [2.45, 2.75) is 27.2 Å². The summed E-state index contributed by atoms with van der Waals surface area (Å²) in [7, 11) is 0. The molecule has 8 heteroatoms. The fraction of sp³-hybridized carbons (Fsp3) is 0.133. The van der Waals surface area contributed by atoms with Crippen LogP contribution in [0.5, 0.6) is 11.5 Å². The van der Waals surface area contributed by atoms with Gasteiger partial charge in [0.1, 0.15) is 22.8 Å². The normalized spacial score (nSPS) is 12.1. The summed E-state index contributed by atoms with van der Waals surface area (Å²) in [5.74, 6) is -1.85. The number of aromatic hydroxyl groups is 1. The number of esters is 1. The van der Waals surface area contributed by atoms with Crippen molar-refractivity contribution in [2.24, 2.45) is 0 Å². The van der Waals surface area contributed by atoms with Gasteiger partial charge >= 0.3 is 5.97 Å². The van der Waals surface area contributed by atoms with Gasteiger partial charge in [0, 0.05) is 29.3 Å². The first-order chi connectivity index (χ1) is 18.1. The van der Waals surface area contributed by atoms with E-state index in [1.54, 1.807) is 60.7 Å². The van der Waals surface area contributed by atoms with Crippen molar-refractivity contribution >= 4 is 34.9 Å². The van der Waals surface area contributed by atoms with Crippen LogP contribution in [0.4, 0.5) is 5.69 Å². The predicted molar refractivity (Wildman–Crippen MR) is 143 cm³/mol. The summed E-state index contributed by atoms with van der Waals surface area (Å²) < 4.78 is 5.13. The van der Waals surface area contributed by atoms with Gasteiger partial charge in [0.05, 0.1) is 0 Å². The Bertz CT molecular complexity index is 1450. The number of ketones is 2. The number of amides is 1. The second-order valence-electron chi connectivity index (χ2n) is 8.63. The standard InChI is InChI=1S/C15H13NO4.C15H14O3/c1-10(17)16-11-6-8-12(9-7-11)20-15(19)13-4-2-3-5-14(13)18;1-9(2)7-8-12-13(16)10-5-3-4-6-11(10)14(17)15(12)18/h2-9,18H,1H3,(H,16,17);3-7,16H,8H2,1-2H3. The Morgan fingerprint density at radius 1 is 0.816 bits per heavy atom. The SMILES string of the molecule is CC(=O)Nc1ccc(OC(=O)c2ccccc2O)cc1.CC(C)=CCC1=C(O)c2ccccc2C(=O)C1=O. The molecule has 8 nitrogen and oxygen atoms in total. The van der Waals surface area contributed by atoms with Crippen LogP contribution in [-0.2, 0) is 9.59 Å². The van der Waals surface area contributed by atoms with Gasteiger partial charge in [-0.1, -0.05) is 48.0 Å². The fourth-order valence-corrected chi connectivity index (χ4v) is 3.53. The van der Waals surface area contributed by atoms with Gasteiger partial charge in [-0.3, -0.25) is 14.4 Å². The maximum absolute atomic E-state index is 11.9. The molecule has 1 aliphatic carbocycles. The summed E-state index contributed by atoms with van der Waals surface area (Å²) in [6, 6.07) is 19.1. The van der Waals surface area contributed by atoms with Crippen LogP contribution in [0.2, 0.25) is 0 Å². The van der Waals surface area contributed by atoms with E-state index in [1.807, 2.05) is 19.9 Å². The molecule has 0 bridgehead atoms. The number of ether oxygens (including phenoxy) is 1. The highest BCUT2D eigenvalue weighted by Gasteiger charge is 2.31. The van der Waals surface area contributed by atoms with Crippen LogP contribution in [0.15, 0.2) is 90.0 Å². The lowest BCUT2D eigenvalue weighted by Gasteiger charge is -2.16. The molecule has 4 rings (SSSR count). The van der Waals surface area contributed by atoms with E-state index in [0.29, 0.717) is 17.0 Å². The van der Waals surface area contributed by atoms with Crippen molar-refractivity contribution in [2.75, 3.05) is 5.32 Å². The molecule has 1 aliphatic rings. The van der Waals surface area contributed by atoms with Crippen LogP contribution in [0, 0.1) is 0 Å². The number of hydrogen-bond acceptors (Lipinski definition) is 7. The maximum atomic E-state index is 11.9. The van der Waals surface area contributed by atoms with Crippen LogP contribution in [0.25, 0.3) is 5.76 Å². The number of phenolic OH excluding ortho intramolecular Hbond substituents is 1. The number of carbonyl (C=O) groups excluding carboxylic acids is 4. The lowest BCUT2D eigenvalue weighted by Crippen LogP contribution is -2.23. The second kappa shape index (κ2) is 12.3. The number of nitrogens with one attached hydrogen (secondary N) is 1. The van der Waals surface area contributed by atoms with Gasteiger partial charge in [0.2, 0.25) is 17.5 Å². The van der Waals surface area contributed by atoms with Crippen molar-refractivity contribution in [1.82, 2.24) is 0 Å². The van der Waals surface area contributed by atoms with E-state index in [4.69, 9.17) is 4.74 Å². The maximum Gasteiger partial charge on any atom is 0.347 e. The number of benzene rings is 3. The minimum absolute atomic E-state index is 0.0762. The third-order valence-electron chi connectivity index (χ3n) is 5.42. The molecule has 0 unspecified atom stereocenters. The third kappa shape index (κ3) is 6.82. The Morgan fingerprint density at radius 2 is 1.42 bits per heavy atom. The topological polar surface area (TPSA) is 130 Å². The van der Waals surface area contributed by atoms with Crippen molar-refractivity contribution in [3.8, 4) is 11.5 Å². The molecule has 0 spiro atoms. The molecular formula is C30H27NO7. The van der Waals surface area contributed by atoms with E-state index in [1.165, 1.54) is 19.1 Å². The van der Waals surface area contributed by atoms with Crippen molar-refractivity contribution in [3.05, 3.63) is 107 Å². The quantitative estimate of drug-likeness (QED) is 0.174. The van der Waals surface area contributed by atoms with E-state index >= 15 is 0 Å². The zero-order valence-electron chi connectivity index (χ0n) is 21.1. The number of aliphatic hydroxyl groups is 1. The van der Waals surface area contributed by atoms with Gasteiger partial charge in [0.25, 0.3) is 0 Å². The van der Waals surface area contributed by atoms with Crippen LogP contribution in [0.1, 0.15) is 53.5 Å². The number of Topliss-reactive ketones (excluding diaryl/α,β-unsaturated/α-hetero) is 2. The van der Waals surface area contributed by atoms with Crippen molar-refractivity contribution < 1.29 is 34.1 Å². The molecule has 1 amide bonds. The minimum Gasteiger partial charge on any atom is -0.507 e. The Balaban J connectivity index is 0.000000212. The smallest absolute Gasteiger partial charge is 0.347 e. The molecule has 0 saturated carbocycles. The number of rotatable bonds is 5. The number of anilines is 1. The van der Waals surface area contributed by atoms with Gasteiger partial charge < -0.3 is 20.3 Å². The molecule has 0 fully saturated rings. The summed E-state index contributed by atoms with van der Waals surface area (Å²) in [5.41, 5.74) is 2.65. The Kier molecular flexibility index (Phi) is 8.95. The zero-order valence-corrected chi connectivity index (χ0v) is 21.1. The summed E-state index contributed by atoms with van der Waals surface area (Å²) in [6.07, 6.45) is 2.11. The molecule has 0 heterocycles.